The number of carbonyl (C=O) groups excluding carboxylic acids is 2. The van der Waals surface area contributed by atoms with Gasteiger partial charge in [0.05, 0.1) is 0 Å². The van der Waals surface area contributed by atoms with Crippen molar-refractivity contribution in [3.05, 3.63) is 20.1 Å². The minimum atomic E-state index is -0.729. The number of ketones is 2. The molecule has 0 saturated carbocycles. The lowest BCUT2D eigenvalue weighted by Gasteiger charge is -2.08. The molecule has 0 amide bonds. The van der Waals surface area contributed by atoms with E-state index in [1.54, 1.807) is 6.92 Å². The van der Waals surface area contributed by atoms with Crippen molar-refractivity contribution in [2.45, 2.75) is 6.92 Å². The molecule has 0 aromatic carbocycles. The highest BCUT2D eigenvalue weighted by molar-refractivity contribution is 6.69. The van der Waals surface area contributed by atoms with Gasteiger partial charge < -0.3 is 5.11 Å². The Balaban J connectivity index is 0.000000583. The van der Waals surface area contributed by atoms with E-state index in [0.717, 1.165) is 0 Å². The molecule has 0 unspecified atom stereocenters. The number of aliphatic hydroxyl groups excluding tert-OH is 1. The molecule has 0 aromatic heterocycles. The summed E-state index contributed by atoms with van der Waals surface area (Å²) in [5.41, 5.74) is 0. The van der Waals surface area contributed by atoms with Crippen LogP contribution in [0.5, 0.6) is 0 Å². The number of rotatable bonds is 0. The second-order valence-electron chi connectivity index (χ2n) is 2.23. The van der Waals surface area contributed by atoms with Crippen molar-refractivity contribution in [2.24, 2.45) is 0 Å². The van der Waals surface area contributed by atoms with Crippen LogP contribution in [0.15, 0.2) is 20.1 Å². The average Bonchev–Trinajstić information content (AvgIpc) is 2.22. The van der Waals surface area contributed by atoms with Gasteiger partial charge >= 0.3 is 0 Å². The highest BCUT2D eigenvalue weighted by Crippen LogP contribution is 2.32. The molecule has 1 rings (SSSR count). The second-order valence-corrected chi connectivity index (χ2v) is 3.74. The molecule has 0 fully saturated rings. The molecule has 0 bridgehead atoms. The molecule has 0 heterocycles. The Kier molecular flexibility index (Phi) is 6.48. The van der Waals surface area contributed by atoms with Crippen molar-refractivity contribution in [2.75, 3.05) is 6.61 Å². The van der Waals surface area contributed by atoms with Gasteiger partial charge in [0.1, 0.15) is 20.1 Å². The van der Waals surface area contributed by atoms with Crippen LogP contribution in [0.2, 0.25) is 0 Å². The lowest BCUT2D eigenvalue weighted by atomic mass is 10.1. The highest BCUT2D eigenvalue weighted by atomic mass is 35.5. The first-order valence-electron chi connectivity index (χ1n) is 3.69. The van der Waals surface area contributed by atoms with Crippen molar-refractivity contribution in [3.63, 3.8) is 0 Å². The number of allylic oxidation sites excluding steroid dienone is 4. The van der Waals surface area contributed by atoms with Crippen molar-refractivity contribution >= 4 is 58.0 Å². The lowest BCUT2D eigenvalue weighted by Crippen LogP contribution is -2.14. The molecular formula is C8H6Cl4O3. The third-order valence-corrected chi connectivity index (χ3v) is 2.82. The number of carbonyl (C=O) groups is 2. The maximum Gasteiger partial charge on any atom is 0.219 e. The van der Waals surface area contributed by atoms with Crippen LogP contribution in [-0.2, 0) is 9.59 Å². The van der Waals surface area contributed by atoms with Crippen LogP contribution in [0.25, 0.3) is 0 Å². The molecule has 84 valence electrons. The number of aliphatic hydroxyl groups is 1. The first-order valence-corrected chi connectivity index (χ1v) is 5.20. The Hall–Kier alpha value is -0.0600. The average molecular weight is 292 g/mol. The Morgan fingerprint density at radius 1 is 0.867 bits per heavy atom. The van der Waals surface area contributed by atoms with Crippen molar-refractivity contribution in [1.82, 2.24) is 0 Å². The van der Waals surface area contributed by atoms with E-state index in [0.29, 0.717) is 0 Å². The molecule has 0 spiro atoms. The number of halogens is 4. The van der Waals surface area contributed by atoms with E-state index in [-0.39, 0.29) is 6.61 Å². The molecule has 0 saturated heterocycles. The fourth-order valence-corrected chi connectivity index (χ4v) is 1.41. The fraction of sp³-hybridized carbons (Fsp3) is 0.250. The molecule has 0 aliphatic heterocycles. The zero-order chi connectivity index (χ0) is 12.2. The van der Waals surface area contributed by atoms with Crippen LogP contribution in [0.3, 0.4) is 0 Å². The molecule has 1 aliphatic rings. The molecule has 0 aromatic rings. The van der Waals surface area contributed by atoms with Gasteiger partial charge in [0.25, 0.3) is 0 Å². The smallest absolute Gasteiger partial charge is 0.219 e. The van der Waals surface area contributed by atoms with E-state index in [4.69, 9.17) is 51.5 Å². The highest BCUT2D eigenvalue weighted by Gasteiger charge is 2.31. The van der Waals surface area contributed by atoms with Gasteiger partial charge in [-0.1, -0.05) is 46.4 Å². The molecule has 15 heavy (non-hydrogen) atoms. The minimum Gasteiger partial charge on any atom is -0.397 e. The largest absolute Gasteiger partial charge is 0.397 e. The third-order valence-electron chi connectivity index (χ3n) is 1.18. The van der Waals surface area contributed by atoms with Gasteiger partial charge in [-0.05, 0) is 6.92 Å². The zero-order valence-electron chi connectivity index (χ0n) is 7.48. The first kappa shape index (κ1) is 14.9. The van der Waals surface area contributed by atoms with Gasteiger partial charge in [0.15, 0.2) is 0 Å². The predicted octanol–water partition coefficient (Wildman–Crippen LogP) is 2.52. The van der Waals surface area contributed by atoms with Gasteiger partial charge in [-0.15, -0.1) is 0 Å². The number of hydrogen-bond donors (Lipinski definition) is 1. The van der Waals surface area contributed by atoms with E-state index in [1.165, 1.54) is 0 Å². The fourth-order valence-electron chi connectivity index (χ4n) is 0.591. The second kappa shape index (κ2) is 6.51. The molecule has 1 aliphatic carbocycles. The van der Waals surface area contributed by atoms with Gasteiger partial charge in [0, 0.05) is 6.61 Å². The SMILES string of the molecule is CCO.O=C1C(Cl)=C(Cl)C(=O)C(Cl)=C1Cl. The van der Waals surface area contributed by atoms with Crippen LogP contribution in [0.4, 0.5) is 0 Å². The van der Waals surface area contributed by atoms with E-state index in [9.17, 15) is 9.59 Å². The topological polar surface area (TPSA) is 54.4 Å². The van der Waals surface area contributed by atoms with Gasteiger partial charge in [-0.2, -0.15) is 0 Å². The van der Waals surface area contributed by atoms with Crippen LogP contribution >= 0.6 is 46.4 Å². The molecule has 0 radical (unpaired) electrons. The quantitative estimate of drug-likeness (QED) is 0.698. The predicted molar refractivity (Wildman–Crippen MR) is 60.2 cm³/mol. The van der Waals surface area contributed by atoms with E-state index < -0.39 is 31.7 Å². The summed E-state index contributed by atoms with van der Waals surface area (Å²) in [7, 11) is 0. The van der Waals surface area contributed by atoms with Gasteiger partial charge in [-0.25, -0.2) is 0 Å². The summed E-state index contributed by atoms with van der Waals surface area (Å²) in [5, 5.41) is 6.00. The summed E-state index contributed by atoms with van der Waals surface area (Å²) in [5.74, 6) is -1.46. The van der Waals surface area contributed by atoms with E-state index >= 15 is 0 Å². The molecular weight excluding hydrogens is 286 g/mol. The summed E-state index contributed by atoms with van der Waals surface area (Å²) in [6.45, 7) is 1.93. The van der Waals surface area contributed by atoms with Crippen LogP contribution in [0, 0.1) is 0 Å². The Morgan fingerprint density at radius 3 is 1.13 bits per heavy atom. The van der Waals surface area contributed by atoms with Crippen molar-refractivity contribution < 1.29 is 14.7 Å². The lowest BCUT2D eigenvalue weighted by molar-refractivity contribution is -0.114. The maximum atomic E-state index is 11.0. The van der Waals surface area contributed by atoms with Crippen LogP contribution in [0.1, 0.15) is 6.92 Å². The monoisotopic (exact) mass is 290 g/mol. The normalized spacial score (nSPS) is 16.7. The van der Waals surface area contributed by atoms with Crippen LogP contribution < -0.4 is 0 Å². The standard InChI is InChI=1S/C6Cl4O2.C2H6O/c7-1-2(8)6(12)4(10)3(9)5(1)11;1-2-3/h;3H,2H2,1H3. The van der Waals surface area contributed by atoms with Crippen LogP contribution in [-0.4, -0.2) is 23.3 Å². The Labute approximate surface area is 106 Å². The Morgan fingerprint density at radius 2 is 1.00 bits per heavy atom. The summed E-state index contributed by atoms with van der Waals surface area (Å²) < 4.78 is 0. The molecule has 0 atom stereocenters. The van der Waals surface area contributed by atoms with Crippen molar-refractivity contribution in [3.8, 4) is 0 Å². The summed E-state index contributed by atoms with van der Waals surface area (Å²) >= 11 is 21.5. The van der Waals surface area contributed by atoms with Crippen molar-refractivity contribution in [1.29, 1.82) is 0 Å². The minimum absolute atomic E-state index is 0.250. The maximum absolute atomic E-state index is 11.0. The third kappa shape index (κ3) is 3.47. The van der Waals surface area contributed by atoms with Gasteiger partial charge in [0.2, 0.25) is 11.6 Å². The molecule has 7 heteroatoms. The van der Waals surface area contributed by atoms with E-state index in [2.05, 4.69) is 0 Å². The Bertz CT molecular complexity index is 295. The zero-order valence-corrected chi connectivity index (χ0v) is 10.5. The number of Topliss-reactive ketones (excluding diaryl/α,β-unsaturated/α-hetero) is 2. The molecule has 1 N–H and O–H groups in total. The summed E-state index contributed by atoms with van der Waals surface area (Å²) in [4.78, 5) is 22.0. The number of hydrogen-bond acceptors (Lipinski definition) is 3. The summed E-state index contributed by atoms with van der Waals surface area (Å²) in [6.07, 6.45) is 0. The molecule has 3 nitrogen and oxygen atoms in total. The summed E-state index contributed by atoms with van der Waals surface area (Å²) in [6, 6.07) is 0. The van der Waals surface area contributed by atoms with E-state index in [1.807, 2.05) is 0 Å². The first-order chi connectivity index (χ1) is 6.88. The van der Waals surface area contributed by atoms with Gasteiger partial charge in [-0.3, -0.25) is 9.59 Å².